The molecule has 138 valence electrons. The van der Waals surface area contributed by atoms with Crippen LogP contribution in [-0.2, 0) is 27.2 Å². The Labute approximate surface area is 151 Å². The highest BCUT2D eigenvalue weighted by Crippen LogP contribution is 2.38. The molecule has 0 radical (unpaired) electrons. The number of fused-ring (bicyclic) bond motifs is 1. The van der Waals surface area contributed by atoms with Crippen molar-refractivity contribution in [1.82, 2.24) is 4.90 Å². The van der Waals surface area contributed by atoms with E-state index in [0.717, 1.165) is 10.4 Å². The minimum atomic E-state index is -0.642. The molecule has 1 aliphatic heterocycles. The minimum Gasteiger partial charge on any atom is -0.462 e. The summed E-state index contributed by atoms with van der Waals surface area (Å²) in [4.78, 5) is 38.7. The van der Waals surface area contributed by atoms with Crippen LogP contribution in [-0.4, -0.2) is 41.6 Å². The lowest BCUT2D eigenvalue weighted by Crippen LogP contribution is -2.34. The van der Waals surface area contributed by atoms with Gasteiger partial charge in [0.25, 0.3) is 0 Å². The maximum atomic E-state index is 12.4. The van der Waals surface area contributed by atoms with Crippen molar-refractivity contribution in [2.75, 3.05) is 18.5 Å². The van der Waals surface area contributed by atoms with Gasteiger partial charge in [-0.25, -0.2) is 9.59 Å². The fourth-order valence-corrected chi connectivity index (χ4v) is 3.81. The van der Waals surface area contributed by atoms with Gasteiger partial charge in [-0.3, -0.25) is 10.1 Å². The summed E-state index contributed by atoms with van der Waals surface area (Å²) < 4.78 is 10.4. The second-order valence-corrected chi connectivity index (χ2v) is 7.85. The highest BCUT2D eigenvalue weighted by atomic mass is 32.1. The fraction of sp³-hybridized carbons (Fsp3) is 0.588. The maximum Gasteiger partial charge on any atom is 0.412 e. The first-order chi connectivity index (χ1) is 11.6. The number of amides is 2. The van der Waals surface area contributed by atoms with Gasteiger partial charge in [0.2, 0.25) is 5.91 Å². The Balaban J connectivity index is 2.33. The average molecular weight is 368 g/mol. The van der Waals surface area contributed by atoms with Gasteiger partial charge in [0.1, 0.15) is 10.6 Å². The SMILES string of the molecule is CCOC(=O)c1c(NC(=O)OC(C)(C)C)sc2c1CCN(C(C)=O)C2. The van der Waals surface area contributed by atoms with Gasteiger partial charge in [-0.2, -0.15) is 0 Å². The number of esters is 1. The van der Waals surface area contributed by atoms with Crippen LogP contribution in [0.3, 0.4) is 0 Å². The zero-order chi connectivity index (χ0) is 18.8. The molecule has 2 amide bonds. The van der Waals surface area contributed by atoms with Crippen molar-refractivity contribution in [3.8, 4) is 0 Å². The molecule has 0 fully saturated rings. The van der Waals surface area contributed by atoms with Crippen molar-refractivity contribution in [3.05, 3.63) is 16.0 Å². The molecule has 0 atom stereocenters. The predicted molar refractivity (Wildman–Crippen MR) is 94.9 cm³/mol. The molecule has 0 bridgehead atoms. The molecular weight excluding hydrogens is 344 g/mol. The quantitative estimate of drug-likeness (QED) is 0.828. The van der Waals surface area contributed by atoms with Gasteiger partial charge in [0.05, 0.1) is 18.7 Å². The highest BCUT2D eigenvalue weighted by molar-refractivity contribution is 7.17. The van der Waals surface area contributed by atoms with Gasteiger partial charge in [-0.15, -0.1) is 11.3 Å². The number of hydrogen-bond acceptors (Lipinski definition) is 6. The van der Waals surface area contributed by atoms with Crippen molar-refractivity contribution >= 4 is 34.3 Å². The molecule has 0 spiro atoms. The highest BCUT2D eigenvalue weighted by Gasteiger charge is 2.31. The number of ether oxygens (including phenoxy) is 2. The van der Waals surface area contributed by atoms with Crippen molar-refractivity contribution in [2.45, 2.75) is 53.2 Å². The van der Waals surface area contributed by atoms with Crippen LogP contribution in [0.5, 0.6) is 0 Å². The monoisotopic (exact) mass is 368 g/mol. The Kier molecular flexibility index (Phi) is 5.72. The van der Waals surface area contributed by atoms with E-state index in [2.05, 4.69) is 5.32 Å². The molecular formula is C17H24N2O5S. The van der Waals surface area contributed by atoms with Gasteiger partial charge >= 0.3 is 12.1 Å². The molecule has 7 nitrogen and oxygen atoms in total. The number of hydrogen-bond donors (Lipinski definition) is 1. The molecule has 0 saturated carbocycles. The Hall–Kier alpha value is -2.09. The molecule has 0 unspecified atom stereocenters. The second kappa shape index (κ2) is 7.43. The van der Waals surface area contributed by atoms with E-state index >= 15 is 0 Å². The number of carbonyl (C=O) groups is 3. The van der Waals surface area contributed by atoms with E-state index < -0.39 is 17.7 Å². The summed E-state index contributed by atoms with van der Waals surface area (Å²) in [6.45, 7) is 9.76. The Morgan fingerprint density at radius 1 is 1.28 bits per heavy atom. The number of nitrogens with zero attached hydrogens (tertiary/aromatic N) is 1. The molecule has 1 N–H and O–H groups in total. The van der Waals surface area contributed by atoms with Crippen LogP contribution >= 0.6 is 11.3 Å². The smallest absolute Gasteiger partial charge is 0.412 e. The molecule has 2 heterocycles. The molecule has 1 aromatic heterocycles. The Bertz CT molecular complexity index is 690. The lowest BCUT2D eigenvalue weighted by Gasteiger charge is -2.25. The van der Waals surface area contributed by atoms with Gasteiger partial charge in [0, 0.05) is 18.3 Å². The van der Waals surface area contributed by atoms with E-state index in [1.807, 2.05) is 0 Å². The first-order valence-corrected chi connectivity index (χ1v) is 9.01. The number of rotatable bonds is 3. The summed E-state index contributed by atoms with van der Waals surface area (Å²) in [5.74, 6) is -0.485. The second-order valence-electron chi connectivity index (χ2n) is 6.75. The third-order valence-electron chi connectivity index (χ3n) is 3.60. The molecule has 1 aliphatic rings. The van der Waals surface area contributed by atoms with Crippen LogP contribution < -0.4 is 5.32 Å². The summed E-state index contributed by atoms with van der Waals surface area (Å²) >= 11 is 1.28. The molecule has 0 aliphatic carbocycles. The van der Waals surface area contributed by atoms with Crippen LogP contribution in [0.4, 0.5) is 9.80 Å². The van der Waals surface area contributed by atoms with E-state index in [1.54, 1.807) is 32.6 Å². The average Bonchev–Trinajstić information content (AvgIpc) is 2.81. The van der Waals surface area contributed by atoms with Crippen LogP contribution in [0.2, 0.25) is 0 Å². The van der Waals surface area contributed by atoms with E-state index in [0.29, 0.717) is 30.1 Å². The zero-order valence-electron chi connectivity index (χ0n) is 15.2. The number of carbonyl (C=O) groups excluding carboxylic acids is 3. The molecule has 1 aromatic rings. The molecule has 25 heavy (non-hydrogen) atoms. The fourth-order valence-electron chi connectivity index (χ4n) is 2.58. The minimum absolute atomic E-state index is 0.0154. The summed E-state index contributed by atoms with van der Waals surface area (Å²) in [7, 11) is 0. The van der Waals surface area contributed by atoms with E-state index in [9.17, 15) is 14.4 Å². The predicted octanol–water partition coefficient (Wildman–Crippen LogP) is 3.18. The van der Waals surface area contributed by atoms with Gasteiger partial charge in [0.15, 0.2) is 0 Å². The summed E-state index contributed by atoms with van der Waals surface area (Å²) in [5.41, 5.74) is 0.569. The van der Waals surface area contributed by atoms with E-state index in [1.165, 1.54) is 18.3 Å². The lowest BCUT2D eigenvalue weighted by molar-refractivity contribution is -0.129. The van der Waals surface area contributed by atoms with Gasteiger partial charge in [-0.1, -0.05) is 0 Å². The molecule has 0 aromatic carbocycles. The molecule has 0 saturated heterocycles. The molecule has 8 heteroatoms. The summed E-state index contributed by atoms with van der Waals surface area (Å²) in [6.07, 6.45) is -0.0738. The van der Waals surface area contributed by atoms with E-state index in [-0.39, 0.29) is 12.5 Å². The standard InChI is InChI=1S/C17H24N2O5S/c1-6-23-15(21)13-11-7-8-19(10(2)20)9-12(11)25-14(13)18-16(22)24-17(3,4)5/h6-9H2,1-5H3,(H,18,22). The first kappa shape index (κ1) is 19.2. The van der Waals surface area contributed by atoms with E-state index in [4.69, 9.17) is 9.47 Å². The largest absolute Gasteiger partial charge is 0.462 e. The number of nitrogens with one attached hydrogen (secondary N) is 1. The number of anilines is 1. The molecule has 2 rings (SSSR count). The zero-order valence-corrected chi connectivity index (χ0v) is 16.0. The summed E-state index contributed by atoms with van der Waals surface area (Å²) in [6, 6.07) is 0. The Morgan fingerprint density at radius 3 is 2.52 bits per heavy atom. The maximum absolute atomic E-state index is 12.4. The topological polar surface area (TPSA) is 84.9 Å². The van der Waals surface area contributed by atoms with Crippen LogP contribution in [0, 0.1) is 0 Å². The van der Waals surface area contributed by atoms with Crippen LogP contribution in [0.15, 0.2) is 0 Å². The van der Waals surface area contributed by atoms with Crippen molar-refractivity contribution in [2.24, 2.45) is 0 Å². The van der Waals surface area contributed by atoms with Gasteiger partial charge in [-0.05, 0) is 39.7 Å². The van der Waals surface area contributed by atoms with Crippen molar-refractivity contribution in [3.63, 3.8) is 0 Å². The Morgan fingerprint density at radius 2 is 1.96 bits per heavy atom. The van der Waals surface area contributed by atoms with Crippen molar-refractivity contribution < 1.29 is 23.9 Å². The first-order valence-electron chi connectivity index (χ1n) is 8.19. The third-order valence-corrected chi connectivity index (χ3v) is 4.73. The normalized spacial score (nSPS) is 13.9. The van der Waals surface area contributed by atoms with Crippen molar-refractivity contribution in [1.29, 1.82) is 0 Å². The summed E-state index contributed by atoms with van der Waals surface area (Å²) in [5, 5.41) is 3.07. The third kappa shape index (κ3) is 4.72. The number of thiophene rings is 1. The van der Waals surface area contributed by atoms with Crippen LogP contribution in [0.25, 0.3) is 0 Å². The lowest BCUT2D eigenvalue weighted by atomic mass is 10.0. The van der Waals surface area contributed by atoms with Gasteiger partial charge < -0.3 is 14.4 Å². The van der Waals surface area contributed by atoms with Crippen LogP contribution in [0.1, 0.15) is 55.4 Å².